The van der Waals surface area contributed by atoms with Gasteiger partial charge >= 0.3 is 0 Å². The molecule has 0 heterocycles. The van der Waals surface area contributed by atoms with Gasteiger partial charge in [-0.15, -0.1) is 13.2 Å². The molecule has 0 saturated heterocycles. The molecule has 0 unspecified atom stereocenters. The van der Waals surface area contributed by atoms with Gasteiger partial charge in [0.15, 0.2) is 0 Å². The Morgan fingerprint density at radius 1 is 1.45 bits per heavy atom. The van der Waals surface area contributed by atoms with Crippen LogP contribution in [0.15, 0.2) is 25.3 Å². The van der Waals surface area contributed by atoms with Crippen molar-refractivity contribution in [1.82, 2.24) is 0 Å². The van der Waals surface area contributed by atoms with Gasteiger partial charge < -0.3 is 14.9 Å². The number of aliphatic hydroxyl groups excluding tert-OH is 2. The summed E-state index contributed by atoms with van der Waals surface area (Å²) in [5.41, 5.74) is 0. The molecular weight excluding hydrogens is 144 g/mol. The fourth-order valence-electron chi connectivity index (χ4n) is 0.603. The molecular formula is C8H14O3. The first-order chi connectivity index (χ1) is 5.26. The highest BCUT2D eigenvalue weighted by Crippen LogP contribution is 1.99. The monoisotopic (exact) mass is 158 g/mol. The van der Waals surface area contributed by atoms with Crippen LogP contribution in [-0.2, 0) is 4.74 Å². The predicted octanol–water partition coefficient (Wildman–Crippen LogP) is 0.0968. The van der Waals surface area contributed by atoms with Crippen LogP contribution in [-0.4, -0.2) is 35.6 Å². The summed E-state index contributed by atoms with van der Waals surface area (Å²) in [6.07, 6.45) is 1.47. The molecule has 0 bridgehead atoms. The van der Waals surface area contributed by atoms with Crippen LogP contribution in [0.5, 0.6) is 0 Å². The maximum absolute atomic E-state index is 9.11. The third kappa shape index (κ3) is 3.93. The van der Waals surface area contributed by atoms with Crippen molar-refractivity contribution in [3.63, 3.8) is 0 Å². The Bertz CT molecular complexity index is 123. The summed E-state index contributed by atoms with van der Waals surface area (Å²) in [7, 11) is 0. The van der Waals surface area contributed by atoms with Gasteiger partial charge in [0.1, 0.15) is 12.2 Å². The number of rotatable bonds is 6. The highest BCUT2D eigenvalue weighted by Gasteiger charge is 2.14. The van der Waals surface area contributed by atoms with Crippen molar-refractivity contribution in [3.8, 4) is 0 Å². The third-order valence-corrected chi connectivity index (χ3v) is 1.23. The average Bonchev–Trinajstić information content (AvgIpc) is 2.05. The summed E-state index contributed by atoms with van der Waals surface area (Å²) in [6, 6.07) is 0. The van der Waals surface area contributed by atoms with Crippen molar-refractivity contribution >= 4 is 0 Å². The van der Waals surface area contributed by atoms with Crippen molar-refractivity contribution in [2.75, 3.05) is 13.2 Å². The van der Waals surface area contributed by atoms with E-state index in [-0.39, 0.29) is 6.61 Å². The minimum atomic E-state index is -0.819. The van der Waals surface area contributed by atoms with Crippen molar-refractivity contribution in [3.05, 3.63) is 25.3 Å². The van der Waals surface area contributed by atoms with Gasteiger partial charge in [0.2, 0.25) is 0 Å². The molecule has 2 N–H and O–H groups in total. The molecule has 11 heavy (non-hydrogen) atoms. The van der Waals surface area contributed by atoms with Gasteiger partial charge in [-0.05, 0) is 0 Å². The summed E-state index contributed by atoms with van der Waals surface area (Å²) >= 11 is 0. The van der Waals surface area contributed by atoms with Gasteiger partial charge in [-0.2, -0.15) is 0 Å². The molecule has 0 aromatic carbocycles. The zero-order valence-electron chi connectivity index (χ0n) is 6.44. The molecule has 0 rings (SSSR count). The van der Waals surface area contributed by atoms with Crippen LogP contribution >= 0.6 is 0 Å². The summed E-state index contributed by atoms with van der Waals surface area (Å²) < 4.78 is 5.00. The molecule has 0 aliphatic rings. The van der Waals surface area contributed by atoms with E-state index in [9.17, 15) is 0 Å². The Balaban J connectivity index is 3.73. The molecule has 0 amide bonds. The first kappa shape index (κ1) is 10.4. The molecule has 0 aliphatic carbocycles. The van der Waals surface area contributed by atoms with E-state index in [4.69, 9.17) is 14.9 Å². The predicted molar refractivity (Wildman–Crippen MR) is 43.2 cm³/mol. The van der Waals surface area contributed by atoms with Crippen LogP contribution in [0.25, 0.3) is 0 Å². The smallest absolute Gasteiger partial charge is 0.110 e. The Morgan fingerprint density at radius 3 is 2.45 bits per heavy atom. The number of ether oxygens (including phenoxy) is 1. The van der Waals surface area contributed by atoms with Gasteiger partial charge in [0.25, 0.3) is 0 Å². The molecule has 0 fully saturated rings. The van der Waals surface area contributed by atoms with Gasteiger partial charge in [0, 0.05) is 0 Å². The zero-order valence-corrected chi connectivity index (χ0v) is 6.44. The Morgan fingerprint density at radius 2 is 2.09 bits per heavy atom. The van der Waals surface area contributed by atoms with Gasteiger partial charge in [-0.25, -0.2) is 0 Å². The second-order valence-electron chi connectivity index (χ2n) is 2.07. The first-order valence-corrected chi connectivity index (χ1v) is 3.40. The maximum Gasteiger partial charge on any atom is 0.110 e. The first-order valence-electron chi connectivity index (χ1n) is 3.40. The molecule has 0 aliphatic heterocycles. The molecule has 64 valence electrons. The van der Waals surface area contributed by atoms with E-state index in [2.05, 4.69) is 13.2 Å². The van der Waals surface area contributed by atoms with E-state index in [1.807, 2.05) is 0 Å². The zero-order chi connectivity index (χ0) is 8.69. The number of hydrogen-bond acceptors (Lipinski definition) is 3. The second kappa shape index (κ2) is 6.09. The van der Waals surface area contributed by atoms with Crippen LogP contribution in [0.1, 0.15) is 0 Å². The topological polar surface area (TPSA) is 49.7 Å². The van der Waals surface area contributed by atoms with Gasteiger partial charge in [-0.1, -0.05) is 12.2 Å². The van der Waals surface area contributed by atoms with E-state index in [1.54, 1.807) is 6.08 Å². The van der Waals surface area contributed by atoms with E-state index in [1.165, 1.54) is 6.08 Å². The molecule has 0 aromatic rings. The average molecular weight is 158 g/mol. The largest absolute Gasteiger partial charge is 0.394 e. The SMILES string of the molecule is C=CCO[C@H](CO)[C@@H](O)C=C. The van der Waals surface area contributed by atoms with Crippen LogP contribution in [0.3, 0.4) is 0 Å². The molecule has 2 atom stereocenters. The molecule has 0 aromatic heterocycles. The van der Waals surface area contributed by atoms with Crippen molar-refractivity contribution in [1.29, 1.82) is 0 Å². The quantitative estimate of drug-likeness (QED) is 0.539. The molecule has 3 heteroatoms. The normalized spacial score (nSPS) is 15.5. The summed E-state index contributed by atoms with van der Waals surface area (Å²) in [6.45, 7) is 6.90. The van der Waals surface area contributed by atoms with Crippen molar-refractivity contribution in [2.24, 2.45) is 0 Å². The highest BCUT2D eigenvalue weighted by molar-refractivity contribution is 4.85. The lowest BCUT2D eigenvalue weighted by atomic mass is 10.2. The Labute approximate surface area is 66.6 Å². The minimum absolute atomic E-state index is 0.221. The number of aliphatic hydroxyl groups is 2. The van der Waals surface area contributed by atoms with Crippen LogP contribution in [0.2, 0.25) is 0 Å². The Kier molecular flexibility index (Phi) is 5.74. The molecule has 3 nitrogen and oxygen atoms in total. The summed E-state index contributed by atoms with van der Waals surface area (Å²) in [5.74, 6) is 0. The van der Waals surface area contributed by atoms with E-state index in [0.29, 0.717) is 6.61 Å². The fourth-order valence-corrected chi connectivity index (χ4v) is 0.603. The third-order valence-electron chi connectivity index (χ3n) is 1.23. The number of hydrogen-bond donors (Lipinski definition) is 2. The van der Waals surface area contributed by atoms with Crippen molar-refractivity contribution in [2.45, 2.75) is 12.2 Å². The van der Waals surface area contributed by atoms with Crippen LogP contribution in [0, 0.1) is 0 Å². The highest BCUT2D eigenvalue weighted by atomic mass is 16.5. The van der Waals surface area contributed by atoms with E-state index < -0.39 is 12.2 Å². The minimum Gasteiger partial charge on any atom is -0.394 e. The summed E-state index contributed by atoms with van der Waals surface area (Å²) in [4.78, 5) is 0. The van der Waals surface area contributed by atoms with Crippen LogP contribution in [0.4, 0.5) is 0 Å². The lowest BCUT2D eigenvalue weighted by Crippen LogP contribution is -2.30. The standard InChI is InChI=1S/C8H14O3/c1-3-5-11-8(6-9)7(10)4-2/h3-4,7-10H,1-2,5-6H2/t7-,8+/m0/s1. The van der Waals surface area contributed by atoms with Gasteiger partial charge in [0.05, 0.1) is 13.2 Å². The van der Waals surface area contributed by atoms with E-state index >= 15 is 0 Å². The lowest BCUT2D eigenvalue weighted by Gasteiger charge is -2.17. The van der Waals surface area contributed by atoms with Crippen molar-refractivity contribution < 1.29 is 14.9 Å². The molecule has 0 radical (unpaired) electrons. The van der Waals surface area contributed by atoms with Crippen LogP contribution < -0.4 is 0 Å². The fraction of sp³-hybridized carbons (Fsp3) is 0.500. The van der Waals surface area contributed by atoms with E-state index in [0.717, 1.165) is 0 Å². The van der Waals surface area contributed by atoms with Gasteiger partial charge in [-0.3, -0.25) is 0 Å². The maximum atomic E-state index is 9.11. The lowest BCUT2D eigenvalue weighted by molar-refractivity contribution is -0.0351. The Hall–Kier alpha value is -0.640. The molecule has 0 spiro atoms. The molecule has 0 saturated carbocycles. The summed E-state index contributed by atoms with van der Waals surface area (Å²) in [5, 5.41) is 17.8. The second-order valence-corrected chi connectivity index (χ2v) is 2.07.